The van der Waals surface area contributed by atoms with Crippen molar-refractivity contribution in [1.29, 1.82) is 0 Å². The maximum Gasteiger partial charge on any atom is 0.279 e. The SMILES string of the molecule is COc1cccc(N2CC[NH+](CC(=O)Nc3ccc(Cl)cc3C)CC2)c1. The molecule has 26 heavy (non-hydrogen) atoms. The molecule has 0 spiro atoms. The molecule has 5 nitrogen and oxygen atoms in total. The zero-order valence-electron chi connectivity index (χ0n) is 15.2. The van der Waals surface area contributed by atoms with E-state index >= 15 is 0 Å². The monoisotopic (exact) mass is 374 g/mol. The van der Waals surface area contributed by atoms with E-state index in [1.165, 1.54) is 10.6 Å². The van der Waals surface area contributed by atoms with Gasteiger partial charge in [-0.15, -0.1) is 0 Å². The number of ether oxygens (including phenoxy) is 1. The summed E-state index contributed by atoms with van der Waals surface area (Å²) in [5.41, 5.74) is 2.97. The van der Waals surface area contributed by atoms with Crippen LogP contribution in [0.3, 0.4) is 0 Å². The Morgan fingerprint density at radius 3 is 2.69 bits per heavy atom. The third kappa shape index (κ3) is 4.68. The molecule has 1 amide bonds. The molecular weight excluding hydrogens is 350 g/mol. The second-order valence-corrected chi connectivity index (χ2v) is 7.06. The molecule has 0 aliphatic carbocycles. The first-order valence-electron chi connectivity index (χ1n) is 8.84. The lowest BCUT2D eigenvalue weighted by molar-refractivity contribution is -0.892. The van der Waals surface area contributed by atoms with Crippen molar-refractivity contribution in [1.82, 2.24) is 0 Å². The van der Waals surface area contributed by atoms with Crippen molar-refractivity contribution in [3.8, 4) is 5.75 Å². The van der Waals surface area contributed by atoms with Gasteiger partial charge in [-0.05, 0) is 42.8 Å². The second kappa shape index (κ2) is 8.43. The molecule has 2 aromatic carbocycles. The van der Waals surface area contributed by atoms with Crippen molar-refractivity contribution in [2.75, 3.05) is 50.1 Å². The highest BCUT2D eigenvalue weighted by Gasteiger charge is 2.22. The van der Waals surface area contributed by atoms with Crippen molar-refractivity contribution in [2.45, 2.75) is 6.92 Å². The van der Waals surface area contributed by atoms with Crippen LogP contribution in [-0.2, 0) is 4.79 Å². The van der Waals surface area contributed by atoms with E-state index < -0.39 is 0 Å². The molecule has 138 valence electrons. The third-order valence-electron chi connectivity index (χ3n) is 4.76. The highest BCUT2D eigenvalue weighted by atomic mass is 35.5. The van der Waals surface area contributed by atoms with Crippen LogP contribution in [0.15, 0.2) is 42.5 Å². The number of hydrogen-bond acceptors (Lipinski definition) is 3. The zero-order chi connectivity index (χ0) is 18.5. The van der Waals surface area contributed by atoms with E-state index in [9.17, 15) is 4.79 Å². The van der Waals surface area contributed by atoms with Crippen LogP contribution in [0.1, 0.15) is 5.56 Å². The minimum Gasteiger partial charge on any atom is -0.497 e. The largest absolute Gasteiger partial charge is 0.497 e. The van der Waals surface area contributed by atoms with Crippen molar-refractivity contribution in [2.24, 2.45) is 0 Å². The number of carbonyl (C=O) groups excluding carboxylic acids is 1. The summed E-state index contributed by atoms with van der Waals surface area (Å²) in [6.07, 6.45) is 0. The van der Waals surface area contributed by atoms with Crippen LogP contribution < -0.4 is 19.9 Å². The Morgan fingerprint density at radius 1 is 1.23 bits per heavy atom. The fraction of sp³-hybridized carbons (Fsp3) is 0.350. The topological polar surface area (TPSA) is 46.0 Å². The molecule has 1 aliphatic heterocycles. The van der Waals surface area contributed by atoms with Gasteiger partial charge in [0, 0.05) is 22.5 Å². The Hall–Kier alpha value is -2.24. The number of anilines is 2. The Balaban J connectivity index is 1.51. The quantitative estimate of drug-likeness (QED) is 0.841. The van der Waals surface area contributed by atoms with Crippen LogP contribution in [0.2, 0.25) is 5.02 Å². The van der Waals surface area contributed by atoms with Crippen LogP contribution in [0.25, 0.3) is 0 Å². The zero-order valence-corrected chi connectivity index (χ0v) is 16.0. The van der Waals surface area contributed by atoms with Crippen molar-refractivity contribution in [3.63, 3.8) is 0 Å². The number of benzene rings is 2. The fourth-order valence-electron chi connectivity index (χ4n) is 3.25. The number of methoxy groups -OCH3 is 1. The average molecular weight is 375 g/mol. The van der Waals surface area contributed by atoms with Gasteiger partial charge in [0.1, 0.15) is 5.75 Å². The number of nitrogens with zero attached hydrogens (tertiary/aromatic N) is 1. The highest BCUT2D eigenvalue weighted by molar-refractivity contribution is 6.30. The Morgan fingerprint density at radius 2 is 2.00 bits per heavy atom. The normalized spacial score (nSPS) is 15.0. The van der Waals surface area contributed by atoms with E-state index in [4.69, 9.17) is 16.3 Å². The lowest BCUT2D eigenvalue weighted by Crippen LogP contribution is -3.15. The number of piperazine rings is 1. The maximum atomic E-state index is 12.4. The van der Waals surface area contributed by atoms with Gasteiger partial charge in [-0.25, -0.2) is 0 Å². The van der Waals surface area contributed by atoms with Gasteiger partial charge < -0.3 is 19.9 Å². The predicted octanol–water partition coefficient (Wildman–Crippen LogP) is 2.00. The smallest absolute Gasteiger partial charge is 0.279 e. The van der Waals surface area contributed by atoms with Gasteiger partial charge in [0.15, 0.2) is 6.54 Å². The lowest BCUT2D eigenvalue weighted by Gasteiger charge is -2.33. The van der Waals surface area contributed by atoms with Gasteiger partial charge in [-0.3, -0.25) is 4.79 Å². The van der Waals surface area contributed by atoms with E-state index in [0.717, 1.165) is 43.2 Å². The minimum absolute atomic E-state index is 0.0419. The molecule has 6 heteroatoms. The van der Waals surface area contributed by atoms with Crippen LogP contribution in [0, 0.1) is 6.92 Å². The summed E-state index contributed by atoms with van der Waals surface area (Å²) in [6.45, 7) is 6.15. The molecule has 2 aromatic rings. The van der Waals surface area contributed by atoms with E-state index in [0.29, 0.717) is 11.6 Å². The molecule has 0 saturated carbocycles. The van der Waals surface area contributed by atoms with Gasteiger partial charge in [0.25, 0.3) is 5.91 Å². The first-order chi connectivity index (χ1) is 12.5. The number of carbonyl (C=O) groups is 1. The number of halogens is 1. The summed E-state index contributed by atoms with van der Waals surface area (Å²) in [6, 6.07) is 13.6. The van der Waals surface area contributed by atoms with Crippen LogP contribution in [-0.4, -0.2) is 45.7 Å². The van der Waals surface area contributed by atoms with E-state index in [1.807, 2.05) is 31.2 Å². The van der Waals surface area contributed by atoms with Crippen molar-refractivity contribution in [3.05, 3.63) is 53.1 Å². The summed E-state index contributed by atoms with van der Waals surface area (Å²) in [4.78, 5) is 16.0. The first-order valence-corrected chi connectivity index (χ1v) is 9.21. The Labute approximate surface area is 159 Å². The van der Waals surface area contributed by atoms with E-state index in [-0.39, 0.29) is 5.91 Å². The maximum absolute atomic E-state index is 12.4. The molecule has 3 rings (SSSR count). The highest BCUT2D eigenvalue weighted by Crippen LogP contribution is 2.21. The predicted molar refractivity (Wildman–Crippen MR) is 106 cm³/mol. The van der Waals surface area contributed by atoms with Gasteiger partial charge in [0.2, 0.25) is 0 Å². The van der Waals surface area contributed by atoms with Crippen molar-refractivity contribution < 1.29 is 14.4 Å². The summed E-state index contributed by atoms with van der Waals surface area (Å²) in [5, 5.41) is 3.67. The minimum atomic E-state index is 0.0419. The fourth-order valence-corrected chi connectivity index (χ4v) is 3.48. The molecule has 1 saturated heterocycles. The van der Waals surface area contributed by atoms with E-state index in [2.05, 4.69) is 22.3 Å². The summed E-state index contributed by atoms with van der Waals surface area (Å²) >= 11 is 5.96. The molecule has 0 atom stereocenters. The second-order valence-electron chi connectivity index (χ2n) is 6.62. The molecule has 1 fully saturated rings. The lowest BCUT2D eigenvalue weighted by atomic mass is 10.2. The Bertz CT molecular complexity index is 773. The molecular formula is C20H25ClN3O2+. The number of hydrogen-bond donors (Lipinski definition) is 2. The Kier molecular flexibility index (Phi) is 6.01. The van der Waals surface area contributed by atoms with Crippen LogP contribution >= 0.6 is 11.6 Å². The standard InChI is InChI=1S/C20H24ClN3O2/c1-15-12-16(21)6-7-19(15)22-20(25)14-23-8-10-24(11-9-23)17-4-3-5-18(13-17)26-2/h3-7,12-13H,8-11,14H2,1-2H3,(H,22,25)/p+1. The number of quaternary nitrogens is 1. The molecule has 1 aliphatic rings. The summed E-state index contributed by atoms with van der Waals surface area (Å²) in [5.74, 6) is 0.912. The third-order valence-corrected chi connectivity index (χ3v) is 5.00. The van der Waals surface area contributed by atoms with Gasteiger partial charge >= 0.3 is 0 Å². The first kappa shape index (κ1) is 18.5. The summed E-state index contributed by atoms with van der Waals surface area (Å²) in [7, 11) is 1.68. The number of aryl methyl sites for hydroxylation is 1. The van der Waals surface area contributed by atoms with E-state index in [1.54, 1.807) is 13.2 Å². The van der Waals surface area contributed by atoms with Gasteiger partial charge in [0.05, 0.1) is 33.3 Å². The van der Waals surface area contributed by atoms with Crippen LogP contribution in [0.4, 0.5) is 11.4 Å². The molecule has 1 heterocycles. The molecule has 0 bridgehead atoms. The number of rotatable bonds is 5. The summed E-state index contributed by atoms with van der Waals surface area (Å²) < 4.78 is 5.30. The number of amides is 1. The van der Waals surface area contributed by atoms with Gasteiger partial charge in [-0.1, -0.05) is 17.7 Å². The molecule has 0 unspecified atom stereocenters. The molecule has 0 radical (unpaired) electrons. The molecule has 2 N–H and O–H groups in total. The van der Waals surface area contributed by atoms with Crippen molar-refractivity contribution >= 4 is 28.9 Å². The average Bonchev–Trinajstić information content (AvgIpc) is 2.65. The van der Waals surface area contributed by atoms with Gasteiger partial charge in [-0.2, -0.15) is 0 Å². The molecule has 0 aromatic heterocycles. The van der Waals surface area contributed by atoms with Crippen LogP contribution in [0.5, 0.6) is 5.75 Å². The number of nitrogens with one attached hydrogen (secondary N) is 2.